The van der Waals surface area contributed by atoms with Crippen molar-refractivity contribution in [3.63, 3.8) is 0 Å². The molecule has 0 aromatic heterocycles. The zero-order chi connectivity index (χ0) is 15.4. The number of anilines is 1. The molecule has 4 nitrogen and oxygen atoms in total. The molecule has 0 bridgehead atoms. The van der Waals surface area contributed by atoms with Crippen molar-refractivity contribution >= 4 is 29.3 Å². The summed E-state index contributed by atoms with van der Waals surface area (Å²) in [5.41, 5.74) is 2.78. The highest BCUT2D eigenvalue weighted by Gasteiger charge is 2.23. The SMILES string of the molecule is O=C(CN1CSCC1=O)Nc1ccccc1-c1ccccc1. The van der Waals surface area contributed by atoms with Crippen molar-refractivity contribution in [3.8, 4) is 11.1 Å². The fourth-order valence-electron chi connectivity index (χ4n) is 2.36. The van der Waals surface area contributed by atoms with Gasteiger partial charge in [0.15, 0.2) is 0 Å². The van der Waals surface area contributed by atoms with Crippen LogP contribution in [0.3, 0.4) is 0 Å². The van der Waals surface area contributed by atoms with Crippen LogP contribution >= 0.6 is 11.8 Å². The second-order valence-electron chi connectivity index (χ2n) is 5.03. The Labute approximate surface area is 133 Å². The number of thioether (sulfide) groups is 1. The molecule has 2 amide bonds. The molecule has 1 aliphatic rings. The van der Waals surface area contributed by atoms with Crippen LogP contribution in [-0.2, 0) is 9.59 Å². The molecule has 1 aliphatic heterocycles. The molecular weight excluding hydrogens is 296 g/mol. The lowest BCUT2D eigenvalue weighted by atomic mass is 10.0. The van der Waals surface area contributed by atoms with E-state index in [1.165, 1.54) is 11.8 Å². The Bertz CT molecular complexity index is 688. The molecule has 0 radical (unpaired) electrons. The number of benzene rings is 2. The fraction of sp³-hybridized carbons (Fsp3) is 0.176. The lowest BCUT2D eigenvalue weighted by molar-refractivity contribution is -0.130. The summed E-state index contributed by atoms with van der Waals surface area (Å²) >= 11 is 1.53. The van der Waals surface area contributed by atoms with Crippen molar-refractivity contribution in [2.24, 2.45) is 0 Å². The molecule has 1 heterocycles. The number of hydrogen-bond donors (Lipinski definition) is 1. The lowest BCUT2D eigenvalue weighted by Gasteiger charge is -2.16. The second-order valence-corrected chi connectivity index (χ2v) is 5.98. The van der Waals surface area contributed by atoms with Crippen molar-refractivity contribution in [2.75, 3.05) is 23.5 Å². The van der Waals surface area contributed by atoms with E-state index in [1.807, 2.05) is 54.6 Å². The number of para-hydroxylation sites is 1. The normalized spacial score (nSPS) is 14.2. The smallest absolute Gasteiger partial charge is 0.244 e. The lowest BCUT2D eigenvalue weighted by Crippen LogP contribution is -2.34. The number of rotatable bonds is 4. The first-order chi connectivity index (χ1) is 10.7. The highest BCUT2D eigenvalue weighted by atomic mass is 32.2. The molecule has 0 saturated carbocycles. The van der Waals surface area contributed by atoms with Gasteiger partial charge >= 0.3 is 0 Å². The number of carbonyl (C=O) groups excluding carboxylic acids is 2. The van der Waals surface area contributed by atoms with Crippen LogP contribution in [0.25, 0.3) is 11.1 Å². The number of amides is 2. The predicted octanol–water partition coefficient (Wildman–Crippen LogP) is 2.83. The van der Waals surface area contributed by atoms with Crippen molar-refractivity contribution in [1.29, 1.82) is 0 Å². The molecule has 2 aromatic carbocycles. The van der Waals surface area contributed by atoms with Crippen molar-refractivity contribution in [1.82, 2.24) is 4.90 Å². The van der Waals surface area contributed by atoms with E-state index in [4.69, 9.17) is 0 Å². The molecule has 1 N–H and O–H groups in total. The topological polar surface area (TPSA) is 49.4 Å². The van der Waals surface area contributed by atoms with Gasteiger partial charge in [-0.05, 0) is 11.6 Å². The average molecular weight is 312 g/mol. The zero-order valence-electron chi connectivity index (χ0n) is 12.0. The number of carbonyl (C=O) groups is 2. The van der Waals surface area contributed by atoms with Crippen LogP contribution in [0.5, 0.6) is 0 Å². The molecule has 2 aromatic rings. The molecular formula is C17H16N2O2S. The van der Waals surface area contributed by atoms with Gasteiger partial charge in [0, 0.05) is 11.3 Å². The molecule has 3 rings (SSSR count). The molecule has 1 fully saturated rings. The summed E-state index contributed by atoms with van der Waals surface area (Å²) in [6.45, 7) is 0.106. The molecule has 22 heavy (non-hydrogen) atoms. The summed E-state index contributed by atoms with van der Waals surface area (Å²) in [6.07, 6.45) is 0. The van der Waals surface area contributed by atoms with E-state index >= 15 is 0 Å². The van der Waals surface area contributed by atoms with Crippen LogP contribution in [0.4, 0.5) is 5.69 Å². The minimum Gasteiger partial charge on any atom is -0.324 e. The van der Waals surface area contributed by atoms with E-state index in [0.717, 1.165) is 16.8 Å². The van der Waals surface area contributed by atoms with Gasteiger partial charge in [-0.3, -0.25) is 9.59 Å². The van der Waals surface area contributed by atoms with Gasteiger partial charge in [0.1, 0.15) is 6.54 Å². The summed E-state index contributed by atoms with van der Waals surface area (Å²) < 4.78 is 0. The third kappa shape index (κ3) is 3.31. The monoisotopic (exact) mass is 312 g/mol. The van der Waals surface area contributed by atoms with E-state index in [0.29, 0.717) is 11.6 Å². The van der Waals surface area contributed by atoms with Gasteiger partial charge in [-0.1, -0.05) is 48.5 Å². The fourth-order valence-corrected chi connectivity index (χ4v) is 3.27. The summed E-state index contributed by atoms with van der Waals surface area (Å²) in [4.78, 5) is 25.3. The van der Waals surface area contributed by atoms with Gasteiger partial charge in [-0.2, -0.15) is 0 Å². The first-order valence-electron chi connectivity index (χ1n) is 7.04. The van der Waals surface area contributed by atoms with Crippen LogP contribution in [0.1, 0.15) is 0 Å². The average Bonchev–Trinajstić information content (AvgIpc) is 2.94. The number of hydrogen-bond acceptors (Lipinski definition) is 3. The van der Waals surface area contributed by atoms with E-state index in [1.54, 1.807) is 4.90 Å². The van der Waals surface area contributed by atoms with Crippen LogP contribution in [0.15, 0.2) is 54.6 Å². The third-order valence-corrected chi connectivity index (χ3v) is 4.39. The van der Waals surface area contributed by atoms with Crippen LogP contribution in [-0.4, -0.2) is 34.9 Å². The second kappa shape index (κ2) is 6.66. The maximum atomic E-state index is 12.2. The zero-order valence-corrected chi connectivity index (χ0v) is 12.8. The van der Waals surface area contributed by atoms with E-state index in [9.17, 15) is 9.59 Å². The summed E-state index contributed by atoms with van der Waals surface area (Å²) in [5, 5.41) is 2.91. The standard InChI is InChI=1S/C17H16N2O2S/c20-16(10-19-12-22-11-17(19)21)18-15-9-5-4-8-14(15)13-6-2-1-3-7-13/h1-9H,10-12H2,(H,18,20). The van der Waals surface area contributed by atoms with Crippen molar-refractivity contribution in [2.45, 2.75) is 0 Å². The largest absolute Gasteiger partial charge is 0.324 e. The van der Waals surface area contributed by atoms with E-state index in [-0.39, 0.29) is 18.4 Å². The van der Waals surface area contributed by atoms with Gasteiger partial charge in [0.05, 0.1) is 11.6 Å². The Morgan fingerprint density at radius 2 is 1.82 bits per heavy atom. The summed E-state index contributed by atoms with van der Waals surface area (Å²) in [7, 11) is 0. The predicted molar refractivity (Wildman–Crippen MR) is 89.5 cm³/mol. The van der Waals surface area contributed by atoms with Gasteiger partial charge in [-0.25, -0.2) is 0 Å². The van der Waals surface area contributed by atoms with Gasteiger partial charge in [0.2, 0.25) is 11.8 Å². The van der Waals surface area contributed by atoms with Crippen molar-refractivity contribution < 1.29 is 9.59 Å². The van der Waals surface area contributed by atoms with E-state index < -0.39 is 0 Å². The first kappa shape index (κ1) is 14.7. The Kier molecular flexibility index (Phi) is 4.44. The minimum atomic E-state index is -0.167. The van der Waals surface area contributed by atoms with E-state index in [2.05, 4.69) is 5.32 Å². The minimum absolute atomic E-state index is 0.0245. The van der Waals surface area contributed by atoms with Gasteiger partial charge in [0.25, 0.3) is 0 Å². The highest BCUT2D eigenvalue weighted by molar-refractivity contribution is 8.00. The summed E-state index contributed by atoms with van der Waals surface area (Å²) in [6, 6.07) is 17.6. The molecule has 0 unspecified atom stereocenters. The maximum Gasteiger partial charge on any atom is 0.244 e. The number of nitrogens with one attached hydrogen (secondary N) is 1. The maximum absolute atomic E-state index is 12.2. The molecule has 1 saturated heterocycles. The Morgan fingerprint density at radius 1 is 1.09 bits per heavy atom. The van der Waals surface area contributed by atoms with Crippen LogP contribution in [0, 0.1) is 0 Å². The van der Waals surface area contributed by atoms with Gasteiger partial charge < -0.3 is 10.2 Å². The van der Waals surface area contributed by atoms with Crippen LogP contribution in [0.2, 0.25) is 0 Å². The molecule has 112 valence electrons. The molecule has 5 heteroatoms. The Morgan fingerprint density at radius 3 is 2.55 bits per heavy atom. The quantitative estimate of drug-likeness (QED) is 0.944. The van der Waals surface area contributed by atoms with Crippen LogP contribution < -0.4 is 5.32 Å². The molecule has 0 atom stereocenters. The first-order valence-corrected chi connectivity index (χ1v) is 8.19. The highest BCUT2D eigenvalue weighted by Crippen LogP contribution is 2.27. The summed E-state index contributed by atoms with van der Waals surface area (Å²) in [5.74, 6) is 0.913. The third-order valence-electron chi connectivity index (χ3n) is 3.45. The Balaban J connectivity index is 1.75. The molecule has 0 spiro atoms. The van der Waals surface area contributed by atoms with Gasteiger partial charge in [-0.15, -0.1) is 11.8 Å². The van der Waals surface area contributed by atoms with Crippen molar-refractivity contribution in [3.05, 3.63) is 54.6 Å². The number of nitrogens with zero attached hydrogens (tertiary/aromatic N) is 1. The molecule has 0 aliphatic carbocycles. The Hall–Kier alpha value is -2.27.